The number of H-pyrrole nitrogens is 1. The molecule has 0 spiro atoms. The Bertz CT molecular complexity index is 1220. The first-order chi connectivity index (χ1) is 16.0. The molecule has 2 unspecified atom stereocenters. The van der Waals surface area contributed by atoms with Gasteiger partial charge in [-0.1, -0.05) is 11.6 Å². The number of aromatic amines is 1. The third-order valence-electron chi connectivity index (χ3n) is 6.03. The van der Waals surface area contributed by atoms with Crippen LogP contribution >= 0.6 is 11.6 Å². The van der Waals surface area contributed by atoms with E-state index in [-0.39, 0.29) is 30.0 Å². The van der Waals surface area contributed by atoms with Crippen LogP contribution in [0.3, 0.4) is 0 Å². The van der Waals surface area contributed by atoms with Crippen molar-refractivity contribution in [1.82, 2.24) is 24.8 Å². The lowest BCUT2D eigenvalue weighted by Crippen LogP contribution is -2.46. The molecule has 2 fully saturated rings. The Balaban J connectivity index is 1.27. The molecule has 5 heterocycles. The Hall–Kier alpha value is -3.27. The number of hydrogen-bond acceptors (Lipinski definition) is 7. The molecule has 9 nitrogen and oxygen atoms in total. The average molecular weight is 473 g/mol. The number of amides is 1. The third kappa shape index (κ3) is 4.47. The van der Waals surface area contributed by atoms with Crippen LogP contribution in [0.1, 0.15) is 25.7 Å². The van der Waals surface area contributed by atoms with Gasteiger partial charge >= 0.3 is 5.97 Å². The summed E-state index contributed by atoms with van der Waals surface area (Å²) in [5.41, 5.74) is 1.31. The van der Waals surface area contributed by atoms with E-state index in [1.807, 2.05) is 0 Å². The Morgan fingerprint density at radius 2 is 2.21 bits per heavy atom. The number of cyclic esters (lactones) is 1. The van der Waals surface area contributed by atoms with Gasteiger partial charge in [0.1, 0.15) is 5.65 Å². The smallest absolute Gasteiger partial charge is 0.306 e. The highest BCUT2D eigenvalue weighted by Gasteiger charge is 2.35. The second-order valence-electron chi connectivity index (χ2n) is 8.33. The maximum atomic E-state index is 14.4. The van der Waals surface area contributed by atoms with Crippen LogP contribution in [0.4, 0.5) is 10.2 Å². The number of rotatable bonds is 5. The molecule has 3 aromatic rings. The molecule has 172 valence electrons. The second kappa shape index (κ2) is 8.93. The number of esters is 1. The van der Waals surface area contributed by atoms with E-state index >= 15 is 0 Å². The van der Waals surface area contributed by atoms with Crippen molar-refractivity contribution in [3.63, 3.8) is 0 Å². The van der Waals surface area contributed by atoms with Gasteiger partial charge in [-0.05, 0) is 24.8 Å². The molecular weight excluding hydrogens is 451 g/mol. The molecule has 0 radical (unpaired) electrons. The molecule has 11 heteroatoms. The van der Waals surface area contributed by atoms with Crippen molar-refractivity contribution in [3.05, 3.63) is 35.5 Å². The van der Waals surface area contributed by atoms with Gasteiger partial charge in [-0.15, -0.1) is 0 Å². The number of anilines is 1. The second-order valence-corrected chi connectivity index (χ2v) is 8.77. The highest BCUT2D eigenvalue weighted by atomic mass is 35.5. The molecular formula is C22H22ClFN6O3. The number of pyridine rings is 1. The lowest BCUT2D eigenvalue weighted by atomic mass is 9.97. The zero-order valence-electron chi connectivity index (χ0n) is 17.7. The van der Waals surface area contributed by atoms with Crippen LogP contribution in [0.5, 0.6) is 0 Å². The van der Waals surface area contributed by atoms with Crippen molar-refractivity contribution in [1.29, 1.82) is 0 Å². The topological polar surface area (TPSA) is 113 Å². The summed E-state index contributed by atoms with van der Waals surface area (Å²) in [5, 5.41) is 4.30. The molecule has 2 aliphatic rings. The van der Waals surface area contributed by atoms with Crippen LogP contribution in [-0.2, 0) is 14.3 Å². The number of likely N-dealkylation sites (tertiary alicyclic amines) is 1. The van der Waals surface area contributed by atoms with E-state index in [1.165, 1.54) is 6.20 Å². The average Bonchev–Trinajstić information content (AvgIpc) is 3.44. The van der Waals surface area contributed by atoms with E-state index < -0.39 is 11.9 Å². The fourth-order valence-corrected chi connectivity index (χ4v) is 4.52. The molecule has 2 atom stereocenters. The molecule has 0 aromatic carbocycles. The summed E-state index contributed by atoms with van der Waals surface area (Å²) in [5.74, 6) is -0.472. The van der Waals surface area contributed by atoms with Gasteiger partial charge in [0.25, 0.3) is 5.91 Å². The van der Waals surface area contributed by atoms with Gasteiger partial charge < -0.3 is 19.9 Å². The first-order valence-corrected chi connectivity index (χ1v) is 11.2. The van der Waals surface area contributed by atoms with Gasteiger partial charge in [-0.25, -0.2) is 19.3 Å². The third-order valence-corrected chi connectivity index (χ3v) is 6.24. The number of piperidine rings is 1. The number of ether oxygens (including phenoxy) is 1. The number of hydrogen-bond donors (Lipinski definition) is 2. The molecule has 2 saturated heterocycles. The predicted molar refractivity (Wildman–Crippen MR) is 119 cm³/mol. The number of carbonyl (C=O) groups excluding carboxylic acids is 2. The number of aromatic nitrogens is 4. The van der Waals surface area contributed by atoms with E-state index in [2.05, 4.69) is 25.3 Å². The minimum atomic E-state index is -0.676. The van der Waals surface area contributed by atoms with Crippen molar-refractivity contribution in [2.24, 2.45) is 5.92 Å². The normalized spacial score (nSPS) is 20.8. The number of nitrogens with one attached hydrogen (secondary N) is 2. The van der Waals surface area contributed by atoms with Crippen molar-refractivity contribution in [2.45, 2.75) is 31.8 Å². The van der Waals surface area contributed by atoms with Crippen molar-refractivity contribution < 1.29 is 18.7 Å². The van der Waals surface area contributed by atoms with Crippen LogP contribution < -0.4 is 5.32 Å². The number of carbonyl (C=O) groups is 2. The highest BCUT2D eigenvalue weighted by molar-refractivity contribution is 6.31. The van der Waals surface area contributed by atoms with E-state index in [1.54, 1.807) is 17.2 Å². The molecule has 2 N–H and O–H groups in total. The maximum Gasteiger partial charge on any atom is 0.306 e. The summed E-state index contributed by atoms with van der Waals surface area (Å²) < 4.78 is 19.6. The van der Waals surface area contributed by atoms with E-state index in [0.29, 0.717) is 48.1 Å². The van der Waals surface area contributed by atoms with Gasteiger partial charge in [-0.2, -0.15) is 0 Å². The molecule has 0 saturated carbocycles. The largest absolute Gasteiger partial charge is 0.452 e. The fraction of sp³-hybridized carbons (Fsp3) is 0.409. The summed E-state index contributed by atoms with van der Waals surface area (Å²) in [7, 11) is 0. The molecule has 0 bridgehead atoms. The molecule has 5 rings (SSSR count). The van der Waals surface area contributed by atoms with Crippen LogP contribution in [0.25, 0.3) is 22.4 Å². The lowest BCUT2D eigenvalue weighted by Gasteiger charge is -2.34. The van der Waals surface area contributed by atoms with E-state index in [4.69, 9.17) is 16.3 Å². The van der Waals surface area contributed by atoms with Crippen molar-refractivity contribution in [3.8, 4) is 11.4 Å². The van der Waals surface area contributed by atoms with Gasteiger partial charge in [0, 0.05) is 55.8 Å². The first-order valence-electron chi connectivity index (χ1n) is 10.9. The quantitative estimate of drug-likeness (QED) is 0.548. The Kier molecular flexibility index (Phi) is 5.84. The highest BCUT2D eigenvalue weighted by Crippen LogP contribution is 2.28. The Morgan fingerprint density at radius 3 is 3.03 bits per heavy atom. The monoisotopic (exact) mass is 472 g/mol. The van der Waals surface area contributed by atoms with Crippen LogP contribution in [0.15, 0.2) is 24.7 Å². The predicted octanol–water partition coefficient (Wildman–Crippen LogP) is 3.17. The fourth-order valence-electron chi connectivity index (χ4n) is 4.36. The summed E-state index contributed by atoms with van der Waals surface area (Å²) in [4.78, 5) is 41.5. The van der Waals surface area contributed by atoms with Gasteiger partial charge in [-0.3, -0.25) is 9.59 Å². The summed E-state index contributed by atoms with van der Waals surface area (Å²) >= 11 is 6.07. The maximum absolute atomic E-state index is 14.4. The summed E-state index contributed by atoms with van der Waals surface area (Å²) in [6, 6.07) is 1.75. The molecule has 3 aromatic heterocycles. The molecule has 0 aliphatic carbocycles. The standard InChI is InChI=1S/C22H22ClFN6O3/c23-13-6-14-15(9-27-19(14)26-8-13)20-28-10-16(24)21(29-20)25-7-12-2-1-5-30(11-12)22(32)17-3-4-18(31)33-17/h6,8-10,12,17H,1-5,7,11H2,(H,26,27)(H,25,28,29). The summed E-state index contributed by atoms with van der Waals surface area (Å²) in [6.07, 6.45) is 6.15. The SMILES string of the molecule is O=C1CCC(C(=O)N2CCCC(CNc3nc(-c4c[nH]c5ncc(Cl)cc45)ncc3F)C2)O1. The molecule has 1 amide bonds. The Labute approximate surface area is 193 Å². The van der Waals surface area contributed by atoms with Crippen molar-refractivity contribution >= 4 is 40.3 Å². The number of fused-ring (bicyclic) bond motifs is 1. The minimum absolute atomic E-state index is 0.0949. The van der Waals surface area contributed by atoms with Gasteiger partial charge in [0.2, 0.25) is 0 Å². The minimum Gasteiger partial charge on any atom is -0.452 e. The Morgan fingerprint density at radius 1 is 1.33 bits per heavy atom. The van der Waals surface area contributed by atoms with Crippen LogP contribution in [0, 0.1) is 11.7 Å². The van der Waals surface area contributed by atoms with E-state index in [0.717, 1.165) is 24.4 Å². The number of nitrogens with zero attached hydrogens (tertiary/aromatic N) is 4. The number of halogens is 2. The lowest BCUT2D eigenvalue weighted by molar-refractivity contribution is -0.153. The zero-order chi connectivity index (χ0) is 22.9. The van der Waals surface area contributed by atoms with Crippen LogP contribution in [0.2, 0.25) is 5.02 Å². The van der Waals surface area contributed by atoms with Gasteiger partial charge in [0.15, 0.2) is 23.6 Å². The first kappa shape index (κ1) is 21.6. The molecule has 33 heavy (non-hydrogen) atoms. The van der Waals surface area contributed by atoms with Gasteiger partial charge in [0.05, 0.1) is 11.2 Å². The van der Waals surface area contributed by atoms with Crippen molar-refractivity contribution in [2.75, 3.05) is 25.0 Å². The molecule has 2 aliphatic heterocycles. The zero-order valence-corrected chi connectivity index (χ0v) is 18.4. The van der Waals surface area contributed by atoms with Crippen LogP contribution in [-0.4, -0.2) is 62.5 Å². The van der Waals surface area contributed by atoms with E-state index in [9.17, 15) is 14.0 Å². The summed E-state index contributed by atoms with van der Waals surface area (Å²) in [6.45, 7) is 1.60.